The number of nitrogens with two attached hydrogens (primary N) is 1. The Morgan fingerprint density at radius 2 is 1.92 bits per heavy atom. The van der Waals surface area contributed by atoms with Crippen molar-refractivity contribution in [3.05, 3.63) is 35.4 Å². The van der Waals surface area contributed by atoms with Gasteiger partial charge in [0.15, 0.2) is 0 Å². The van der Waals surface area contributed by atoms with Crippen molar-refractivity contribution in [3.63, 3.8) is 0 Å². The van der Waals surface area contributed by atoms with E-state index >= 15 is 0 Å². The molecule has 1 aromatic carbocycles. The van der Waals surface area contributed by atoms with Crippen molar-refractivity contribution in [2.24, 2.45) is 5.73 Å². The summed E-state index contributed by atoms with van der Waals surface area (Å²) in [6.45, 7) is 1.94. The van der Waals surface area contributed by atoms with Crippen LogP contribution in [0.25, 0.3) is 0 Å². The highest BCUT2D eigenvalue weighted by Crippen LogP contribution is 2.10. The number of hydrogen-bond acceptors (Lipinski definition) is 2. The molecule has 0 spiro atoms. The van der Waals surface area contributed by atoms with Gasteiger partial charge in [0, 0.05) is 6.04 Å². The summed E-state index contributed by atoms with van der Waals surface area (Å²) in [6, 6.07) is 10.0. The van der Waals surface area contributed by atoms with E-state index in [0.717, 1.165) is 11.1 Å². The SMILES string of the molecule is C[C@@H](N)c1ccc(CC#N)cc1.Cl. The molecule has 0 fully saturated rings. The van der Waals surface area contributed by atoms with E-state index in [1.807, 2.05) is 31.2 Å². The van der Waals surface area contributed by atoms with Crippen molar-refractivity contribution in [1.29, 1.82) is 5.26 Å². The molecule has 0 saturated heterocycles. The van der Waals surface area contributed by atoms with Gasteiger partial charge in [-0.3, -0.25) is 0 Å². The lowest BCUT2D eigenvalue weighted by molar-refractivity contribution is 0.817. The van der Waals surface area contributed by atoms with Gasteiger partial charge in [-0.25, -0.2) is 0 Å². The van der Waals surface area contributed by atoms with Crippen molar-refractivity contribution < 1.29 is 0 Å². The molecule has 3 heteroatoms. The highest BCUT2D eigenvalue weighted by molar-refractivity contribution is 5.85. The van der Waals surface area contributed by atoms with Crippen molar-refractivity contribution >= 4 is 12.4 Å². The second-order valence-corrected chi connectivity index (χ2v) is 2.87. The zero-order valence-corrected chi connectivity index (χ0v) is 8.34. The minimum absolute atomic E-state index is 0. The van der Waals surface area contributed by atoms with Crippen molar-refractivity contribution in [2.45, 2.75) is 19.4 Å². The Balaban J connectivity index is 0.00000144. The Labute approximate surface area is 84.8 Å². The molecule has 2 N–H and O–H groups in total. The molecule has 13 heavy (non-hydrogen) atoms. The fraction of sp³-hybridized carbons (Fsp3) is 0.300. The van der Waals surface area contributed by atoms with Crippen molar-refractivity contribution in [2.75, 3.05) is 0 Å². The third-order valence-corrected chi connectivity index (χ3v) is 1.79. The zero-order chi connectivity index (χ0) is 8.97. The lowest BCUT2D eigenvalue weighted by atomic mass is 10.1. The summed E-state index contributed by atoms with van der Waals surface area (Å²) in [5, 5.41) is 8.42. The number of halogens is 1. The maximum absolute atomic E-state index is 8.42. The first-order valence-electron chi connectivity index (χ1n) is 3.95. The van der Waals surface area contributed by atoms with Crippen LogP contribution in [-0.2, 0) is 6.42 Å². The van der Waals surface area contributed by atoms with Crippen LogP contribution in [0.5, 0.6) is 0 Å². The van der Waals surface area contributed by atoms with Gasteiger partial charge in [-0.1, -0.05) is 24.3 Å². The highest BCUT2D eigenvalue weighted by atomic mass is 35.5. The summed E-state index contributed by atoms with van der Waals surface area (Å²) in [5.41, 5.74) is 7.82. The minimum Gasteiger partial charge on any atom is -0.324 e. The van der Waals surface area contributed by atoms with E-state index in [0.29, 0.717) is 6.42 Å². The normalized spacial score (nSPS) is 11.2. The van der Waals surface area contributed by atoms with Crippen LogP contribution in [0, 0.1) is 11.3 Å². The van der Waals surface area contributed by atoms with E-state index in [-0.39, 0.29) is 18.4 Å². The lowest BCUT2D eigenvalue weighted by Gasteiger charge is -2.04. The molecule has 0 saturated carbocycles. The van der Waals surface area contributed by atoms with Crippen molar-refractivity contribution in [1.82, 2.24) is 0 Å². The molecule has 70 valence electrons. The third-order valence-electron chi connectivity index (χ3n) is 1.79. The van der Waals surface area contributed by atoms with Crippen LogP contribution in [0.4, 0.5) is 0 Å². The van der Waals surface area contributed by atoms with Crippen molar-refractivity contribution in [3.8, 4) is 6.07 Å². The summed E-state index contributed by atoms with van der Waals surface area (Å²) in [4.78, 5) is 0. The number of hydrogen-bond donors (Lipinski definition) is 1. The van der Waals surface area contributed by atoms with Crippen LogP contribution in [0.3, 0.4) is 0 Å². The first kappa shape index (κ1) is 12.0. The first-order valence-corrected chi connectivity index (χ1v) is 3.95. The first-order chi connectivity index (χ1) is 5.74. The molecule has 0 heterocycles. The Morgan fingerprint density at radius 1 is 1.38 bits per heavy atom. The van der Waals surface area contributed by atoms with Gasteiger partial charge >= 0.3 is 0 Å². The van der Waals surface area contributed by atoms with Gasteiger partial charge in [0.1, 0.15) is 0 Å². The molecule has 1 rings (SSSR count). The monoisotopic (exact) mass is 196 g/mol. The Hall–Kier alpha value is -1.04. The molecule has 2 nitrogen and oxygen atoms in total. The molecule has 0 aliphatic rings. The van der Waals surface area contributed by atoms with Crippen LogP contribution < -0.4 is 5.73 Å². The van der Waals surface area contributed by atoms with Gasteiger partial charge < -0.3 is 5.73 Å². The summed E-state index contributed by atoms with van der Waals surface area (Å²) in [6.07, 6.45) is 0.471. The second kappa shape index (κ2) is 5.58. The maximum atomic E-state index is 8.42. The molecule has 0 aromatic heterocycles. The third kappa shape index (κ3) is 3.45. The predicted molar refractivity (Wildman–Crippen MR) is 55.6 cm³/mol. The molecule has 1 atom stereocenters. The smallest absolute Gasteiger partial charge is 0.0669 e. The van der Waals surface area contributed by atoms with Gasteiger partial charge in [-0.2, -0.15) is 5.26 Å². The fourth-order valence-electron chi connectivity index (χ4n) is 1.03. The van der Waals surface area contributed by atoms with Gasteiger partial charge in [0.25, 0.3) is 0 Å². The van der Waals surface area contributed by atoms with E-state index in [4.69, 9.17) is 11.0 Å². The topological polar surface area (TPSA) is 49.8 Å². The number of rotatable bonds is 2. The van der Waals surface area contributed by atoms with E-state index in [2.05, 4.69) is 6.07 Å². The van der Waals surface area contributed by atoms with E-state index < -0.39 is 0 Å². The molecule has 1 aromatic rings. The average molecular weight is 197 g/mol. The van der Waals surface area contributed by atoms with Gasteiger partial charge in [-0.15, -0.1) is 12.4 Å². The molecule has 0 bridgehead atoms. The summed E-state index contributed by atoms with van der Waals surface area (Å²) >= 11 is 0. The van der Waals surface area contributed by atoms with E-state index in [1.165, 1.54) is 0 Å². The fourth-order valence-corrected chi connectivity index (χ4v) is 1.03. The minimum atomic E-state index is 0. The molecule has 0 aliphatic carbocycles. The number of benzene rings is 1. The largest absolute Gasteiger partial charge is 0.324 e. The zero-order valence-electron chi connectivity index (χ0n) is 7.53. The summed E-state index contributed by atoms with van der Waals surface area (Å²) < 4.78 is 0. The van der Waals surface area contributed by atoms with Crippen LogP contribution in [0.2, 0.25) is 0 Å². The van der Waals surface area contributed by atoms with Crippen LogP contribution in [0.1, 0.15) is 24.1 Å². The molecular weight excluding hydrogens is 184 g/mol. The van der Waals surface area contributed by atoms with Gasteiger partial charge in [0.05, 0.1) is 12.5 Å². The summed E-state index contributed by atoms with van der Waals surface area (Å²) in [7, 11) is 0. The predicted octanol–water partition coefficient (Wildman–Crippen LogP) is 2.19. The molecular formula is C10H13ClN2. The molecule has 0 aliphatic heterocycles. The van der Waals surface area contributed by atoms with Gasteiger partial charge in [-0.05, 0) is 18.1 Å². The molecule has 0 amide bonds. The lowest BCUT2D eigenvalue weighted by Crippen LogP contribution is -2.04. The Bertz CT molecular complexity index is 285. The molecule has 0 radical (unpaired) electrons. The van der Waals surface area contributed by atoms with Crippen LogP contribution >= 0.6 is 12.4 Å². The average Bonchev–Trinajstić information content (AvgIpc) is 2.06. The summed E-state index contributed by atoms with van der Waals surface area (Å²) in [5.74, 6) is 0. The second-order valence-electron chi connectivity index (χ2n) is 2.87. The van der Waals surface area contributed by atoms with E-state index in [1.54, 1.807) is 0 Å². The maximum Gasteiger partial charge on any atom is 0.0669 e. The van der Waals surface area contributed by atoms with Crippen LogP contribution in [0.15, 0.2) is 24.3 Å². The highest BCUT2D eigenvalue weighted by Gasteiger charge is 1.97. The Kier molecular flexibility index (Phi) is 5.13. The van der Waals surface area contributed by atoms with Gasteiger partial charge in [0.2, 0.25) is 0 Å². The van der Waals surface area contributed by atoms with Crippen LogP contribution in [-0.4, -0.2) is 0 Å². The number of nitrogens with zero attached hydrogens (tertiary/aromatic N) is 1. The Morgan fingerprint density at radius 3 is 2.31 bits per heavy atom. The van der Waals surface area contributed by atoms with E-state index in [9.17, 15) is 0 Å². The standard InChI is InChI=1S/C10H12N2.ClH/c1-8(12)10-4-2-9(3-5-10)6-7-11;/h2-5,8H,6,12H2,1H3;1H/t8-;/m1./s1. The number of nitriles is 1. The molecule has 0 unspecified atom stereocenters. The quantitative estimate of drug-likeness (QED) is 0.789.